The highest BCUT2D eigenvalue weighted by Gasteiger charge is 2.40. The molecule has 0 aliphatic carbocycles. The van der Waals surface area contributed by atoms with Crippen LogP contribution in [0.1, 0.15) is 37.8 Å². The Balaban J connectivity index is 2.16. The molecule has 0 N–H and O–H groups in total. The van der Waals surface area contributed by atoms with Crippen molar-refractivity contribution in [1.82, 2.24) is 4.90 Å². The van der Waals surface area contributed by atoms with Gasteiger partial charge in [-0.2, -0.15) is 0 Å². The highest BCUT2D eigenvalue weighted by Crippen LogP contribution is 2.49. The molecule has 1 heterocycles. The molecular formula is C21H23NO2S. The van der Waals surface area contributed by atoms with Crippen LogP contribution in [0, 0.1) is 5.92 Å². The normalized spacial score (nSPS) is 14.4. The third-order valence-corrected chi connectivity index (χ3v) is 6.02. The lowest BCUT2D eigenvalue weighted by Gasteiger charge is -2.34. The predicted molar refractivity (Wildman–Crippen MR) is 101 cm³/mol. The summed E-state index contributed by atoms with van der Waals surface area (Å²) in [5.41, 5.74) is 2.15. The Kier molecular flexibility index (Phi) is 5.28. The van der Waals surface area contributed by atoms with E-state index in [4.69, 9.17) is 0 Å². The van der Waals surface area contributed by atoms with Crippen molar-refractivity contribution in [2.75, 3.05) is 13.1 Å². The Morgan fingerprint density at radius 2 is 1.44 bits per heavy atom. The fraction of sp³-hybridized carbons (Fsp3) is 0.333. The molecule has 1 amide bonds. The molecule has 0 bridgehead atoms. The summed E-state index contributed by atoms with van der Waals surface area (Å²) in [5.74, 6) is -1.04. The molecule has 0 spiro atoms. The summed E-state index contributed by atoms with van der Waals surface area (Å²) in [4.78, 5) is 29.8. The maximum Gasteiger partial charge on any atom is 0.234 e. The first-order valence-electron chi connectivity index (χ1n) is 8.73. The van der Waals surface area contributed by atoms with E-state index >= 15 is 0 Å². The first kappa shape index (κ1) is 17.7. The van der Waals surface area contributed by atoms with Crippen LogP contribution in [0.25, 0.3) is 0 Å². The topological polar surface area (TPSA) is 37.4 Å². The number of nitrogens with zero attached hydrogens (tertiary/aromatic N) is 1. The van der Waals surface area contributed by atoms with Crippen LogP contribution >= 0.6 is 11.8 Å². The van der Waals surface area contributed by atoms with Crippen LogP contribution < -0.4 is 0 Å². The molecule has 3 nitrogen and oxygen atoms in total. The Morgan fingerprint density at radius 3 is 1.88 bits per heavy atom. The highest BCUT2D eigenvalue weighted by atomic mass is 32.2. The van der Waals surface area contributed by atoms with Gasteiger partial charge < -0.3 is 4.90 Å². The number of benzene rings is 2. The Morgan fingerprint density at radius 1 is 0.960 bits per heavy atom. The molecule has 1 unspecified atom stereocenters. The van der Waals surface area contributed by atoms with Gasteiger partial charge in [-0.05, 0) is 44.0 Å². The third kappa shape index (κ3) is 3.23. The summed E-state index contributed by atoms with van der Waals surface area (Å²) >= 11 is 1.71. The molecule has 0 saturated carbocycles. The van der Waals surface area contributed by atoms with E-state index in [1.165, 1.54) is 0 Å². The van der Waals surface area contributed by atoms with Crippen molar-refractivity contribution in [3.05, 3.63) is 59.7 Å². The Bertz CT molecular complexity index is 752. The Labute approximate surface area is 153 Å². The largest absolute Gasteiger partial charge is 0.343 e. The fourth-order valence-electron chi connectivity index (χ4n) is 3.59. The van der Waals surface area contributed by atoms with Crippen LogP contribution in [0.5, 0.6) is 0 Å². The van der Waals surface area contributed by atoms with Gasteiger partial charge in [-0.25, -0.2) is 0 Å². The number of rotatable bonds is 5. The molecule has 2 aromatic rings. The number of carbonyl (C=O) groups excluding carboxylic acids is 2. The maximum atomic E-state index is 13.2. The highest BCUT2D eigenvalue weighted by molar-refractivity contribution is 7.99. The van der Waals surface area contributed by atoms with Gasteiger partial charge in [0.05, 0.1) is 0 Å². The average molecular weight is 353 g/mol. The zero-order chi connectivity index (χ0) is 18.0. The van der Waals surface area contributed by atoms with Crippen molar-refractivity contribution in [2.45, 2.75) is 36.5 Å². The summed E-state index contributed by atoms with van der Waals surface area (Å²) in [6.45, 7) is 6.68. The van der Waals surface area contributed by atoms with Crippen LogP contribution in [-0.2, 0) is 9.59 Å². The van der Waals surface area contributed by atoms with Gasteiger partial charge in [0.1, 0.15) is 11.7 Å². The second kappa shape index (κ2) is 7.44. The molecule has 130 valence electrons. The number of hydrogen-bond donors (Lipinski definition) is 0. The van der Waals surface area contributed by atoms with Gasteiger partial charge in [0.25, 0.3) is 0 Å². The third-order valence-electron chi connectivity index (χ3n) is 4.84. The van der Waals surface area contributed by atoms with E-state index in [2.05, 4.69) is 12.1 Å². The number of carbonyl (C=O) groups is 2. The second-order valence-corrected chi connectivity index (χ2v) is 7.34. The summed E-state index contributed by atoms with van der Waals surface area (Å²) < 4.78 is 0. The molecule has 25 heavy (non-hydrogen) atoms. The molecule has 0 radical (unpaired) electrons. The monoisotopic (exact) mass is 353 g/mol. The lowest BCUT2D eigenvalue weighted by atomic mass is 9.77. The van der Waals surface area contributed by atoms with Gasteiger partial charge in [0, 0.05) is 28.8 Å². The van der Waals surface area contributed by atoms with E-state index in [-0.39, 0.29) is 17.6 Å². The molecule has 0 aromatic heterocycles. The van der Waals surface area contributed by atoms with Gasteiger partial charge in [-0.1, -0.05) is 48.2 Å². The van der Waals surface area contributed by atoms with E-state index in [0.717, 1.165) is 20.9 Å². The lowest BCUT2D eigenvalue weighted by molar-refractivity contribution is -0.141. The van der Waals surface area contributed by atoms with E-state index in [9.17, 15) is 9.59 Å². The molecule has 1 aliphatic rings. The Hall–Kier alpha value is -2.07. The summed E-state index contributed by atoms with van der Waals surface area (Å²) in [6.07, 6.45) is 0. The van der Waals surface area contributed by atoms with Gasteiger partial charge >= 0.3 is 0 Å². The van der Waals surface area contributed by atoms with Crippen molar-refractivity contribution in [3.8, 4) is 0 Å². The van der Waals surface area contributed by atoms with Crippen LogP contribution in [0.15, 0.2) is 58.3 Å². The standard InChI is InChI=1S/C21H23NO2S/c1-4-22(5-2)21(24)19(14(3)23)20-15-10-6-8-12-17(15)25-18-13-9-7-11-16(18)20/h6-13,19-20H,4-5H2,1-3H3. The second-order valence-electron chi connectivity index (χ2n) is 6.25. The number of fused-ring (bicyclic) bond motifs is 2. The van der Waals surface area contributed by atoms with Crippen LogP contribution in [-0.4, -0.2) is 29.7 Å². The zero-order valence-corrected chi connectivity index (χ0v) is 15.7. The summed E-state index contributed by atoms with van der Waals surface area (Å²) in [7, 11) is 0. The SMILES string of the molecule is CCN(CC)C(=O)C(C(C)=O)C1c2ccccc2Sc2ccccc21. The molecule has 3 rings (SSSR count). The van der Waals surface area contributed by atoms with E-state index in [1.54, 1.807) is 23.6 Å². The first-order chi connectivity index (χ1) is 12.1. The van der Waals surface area contributed by atoms with Crippen molar-refractivity contribution in [1.29, 1.82) is 0 Å². The van der Waals surface area contributed by atoms with Gasteiger partial charge in [0.2, 0.25) is 5.91 Å². The van der Waals surface area contributed by atoms with Crippen LogP contribution in [0.3, 0.4) is 0 Å². The minimum absolute atomic E-state index is 0.0704. The van der Waals surface area contributed by atoms with Gasteiger partial charge in [-0.15, -0.1) is 0 Å². The molecule has 2 aromatic carbocycles. The van der Waals surface area contributed by atoms with Crippen LogP contribution in [0.2, 0.25) is 0 Å². The van der Waals surface area contributed by atoms with Gasteiger partial charge in [-0.3, -0.25) is 9.59 Å². The van der Waals surface area contributed by atoms with Crippen molar-refractivity contribution in [2.24, 2.45) is 5.92 Å². The number of amides is 1. The number of hydrogen-bond acceptors (Lipinski definition) is 3. The smallest absolute Gasteiger partial charge is 0.234 e. The molecule has 4 heteroatoms. The molecule has 0 saturated heterocycles. The quantitative estimate of drug-likeness (QED) is 0.750. The minimum atomic E-state index is -0.678. The summed E-state index contributed by atoms with van der Waals surface area (Å²) in [5, 5.41) is 0. The fourth-order valence-corrected chi connectivity index (χ4v) is 4.74. The molecular weight excluding hydrogens is 330 g/mol. The summed E-state index contributed by atoms with van der Waals surface area (Å²) in [6, 6.07) is 16.2. The molecule has 0 fully saturated rings. The first-order valence-corrected chi connectivity index (χ1v) is 9.55. The zero-order valence-electron chi connectivity index (χ0n) is 14.9. The van der Waals surface area contributed by atoms with Crippen molar-refractivity contribution >= 4 is 23.5 Å². The predicted octanol–water partition coefficient (Wildman–Crippen LogP) is 4.36. The number of Topliss-reactive ketones (excluding diaryl/α,β-unsaturated/α-hetero) is 1. The molecule has 1 atom stereocenters. The lowest BCUT2D eigenvalue weighted by Crippen LogP contribution is -2.42. The van der Waals surface area contributed by atoms with Crippen molar-refractivity contribution < 1.29 is 9.59 Å². The van der Waals surface area contributed by atoms with Gasteiger partial charge in [0.15, 0.2) is 0 Å². The maximum absolute atomic E-state index is 13.2. The van der Waals surface area contributed by atoms with E-state index in [1.807, 2.05) is 50.2 Å². The van der Waals surface area contributed by atoms with E-state index in [0.29, 0.717) is 13.1 Å². The van der Waals surface area contributed by atoms with Crippen LogP contribution in [0.4, 0.5) is 0 Å². The van der Waals surface area contributed by atoms with E-state index < -0.39 is 5.92 Å². The number of ketones is 1. The van der Waals surface area contributed by atoms with Crippen molar-refractivity contribution in [3.63, 3.8) is 0 Å². The average Bonchev–Trinajstić information content (AvgIpc) is 2.62. The molecule has 1 aliphatic heterocycles. The minimum Gasteiger partial charge on any atom is -0.343 e.